The van der Waals surface area contributed by atoms with Crippen LogP contribution in [0.3, 0.4) is 0 Å². The zero-order valence-corrected chi connectivity index (χ0v) is 17.6. The number of carbonyl (C=O) groups excluding carboxylic acids is 2. The van der Waals surface area contributed by atoms with Crippen LogP contribution in [-0.2, 0) is 4.79 Å². The van der Waals surface area contributed by atoms with Gasteiger partial charge in [0.05, 0.1) is 24.9 Å². The summed E-state index contributed by atoms with van der Waals surface area (Å²) in [5.41, 5.74) is 3.60. The molecule has 1 aromatic heterocycles. The van der Waals surface area contributed by atoms with Gasteiger partial charge in [-0.25, -0.2) is 4.68 Å². The number of methoxy groups -OCH3 is 1. The van der Waals surface area contributed by atoms with E-state index in [4.69, 9.17) is 4.74 Å². The molecule has 0 saturated carbocycles. The van der Waals surface area contributed by atoms with E-state index in [-0.39, 0.29) is 24.4 Å². The van der Waals surface area contributed by atoms with Crippen molar-refractivity contribution in [3.8, 4) is 22.7 Å². The van der Waals surface area contributed by atoms with Gasteiger partial charge in [-0.3, -0.25) is 9.59 Å². The van der Waals surface area contributed by atoms with Crippen LogP contribution in [0, 0.1) is 6.92 Å². The van der Waals surface area contributed by atoms with E-state index in [9.17, 15) is 9.59 Å². The molecule has 30 heavy (non-hydrogen) atoms. The normalized spacial score (nSPS) is 10.7. The quantitative estimate of drug-likeness (QED) is 0.631. The lowest BCUT2D eigenvalue weighted by Gasteiger charge is -2.09. The third-order valence-electron chi connectivity index (χ3n) is 4.46. The van der Waals surface area contributed by atoms with Crippen LogP contribution in [0.15, 0.2) is 54.7 Å². The van der Waals surface area contributed by atoms with Gasteiger partial charge in [-0.1, -0.05) is 29.8 Å². The fourth-order valence-corrected chi connectivity index (χ4v) is 2.98. The smallest absolute Gasteiger partial charge is 0.255 e. The molecule has 3 aromatic rings. The second-order valence-corrected chi connectivity index (χ2v) is 7.31. The Bertz CT molecular complexity index is 1040. The monoisotopic (exact) mass is 406 g/mol. The number of nitrogens with zero attached hydrogens (tertiary/aromatic N) is 2. The predicted octanol–water partition coefficient (Wildman–Crippen LogP) is 3.11. The molecule has 0 spiro atoms. The van der Waals surface area contributed by atoms with Crippen LogP contribution < -0.4 is 15.4 Å². The van der Waals surface area contributed by atoms with Crippen LogP contribution in [0.25, 0.3) is 16.9 Å². The highest BCUT2D eigenvalue weighted by Gasteiger charge is 2.20. The van der Waals surface area contributed by atoms with E-state index in [1.165, 1.54) is 0 Å². The molecule has 0 radical (unpaired) electrons. The summed E-state index contributed by atoms with van der Waals surface area (Å²) in [4.78, 5) is 24.8. The number of rotatable bonds is 7. The van der Waals surface area contributed by atoms with Gasteiger partial charge < -0.3 is 15.4 Å². The summed E-state index contributed by atoms with van der Waals surface area (Å²) in [5.74, 6) is 0.0531. The number of carbonyl (C=O) groups is 2. The number of benzene rings is 2. The van der Waals surface area contributed by atoms with Gasteiger partial charge in [0.1, 0.15) is 11.4 Å². The maximum absolute atomic E-state index is 12.9. The van der Waals surface area contributed by atoms with Crippen molar-refractivity contribution in [3.05, 3.63) is 65.9 Å². The second kappa shape index (κ2) is 9.26. The average Bonchev–Trinajstić information content (AvgIpc) is 3.17. The fourth-order valence-electron chi connectivity index (χ4n) is 2.98. The van der Waals surface area contributed by atoms with Crippen molar-refractivity contribution in [3.63, 3.8) is 0 Å². The molecule has 0 aliphatic heterocycles. The summed E-state index contributed by atoms with van der Waals surface area (Å²) in [6.07, 6.45) is 1.68. The summed E-state index contributed by atoms with van der Waals surface area (Å²) >= 11 is 0. The van der Waals surface area contributed by atoms with Crippen LogP contribution in [0.1, 0.15) is 29.8 Å². The van der Waals surface area contributed by atoms with Gasteiger partial charge in [0.25, 0.3) is 5.91 Å². The maximum Gasteiger partial charge on any atom is 0.255 e. The molecule has 2 N–H and O–H groups in total. The Morgan fingerprint density at radius 3 is 2.53 bits per heavy atom. The molecule has 0 aliphatic rings. The standard InChI is InChI=1S/C23H26N4O3/c1-15(2)25-21(28)13-24-23(29)20-14-27(18-10-8-16(3)9-11-18)26-22(20)17-6-5-7-19(12-17)30-4/h5-12,14-15H,13H2,1-4H3,(H,24,29)(H,25,28). The zero-order valence-electron chi connectivity index (χ0n) is 17.6. The van der Waals surface area contributed by atoms with Crippen LogP contribution in [0.2, 0.25) is 0 Å². The molecule has 0 aliphatic carbocycles. The number of aryl methyl sites for hydroxylation is 1. The molecule has 0 bridgehead atoms. The van der Waals surface area contributed by atoms with Gasteiger partial charge in [0.15, 0.2) is 0 Å². The Kier molecular flexibility index (Phi) is 6.51. The molecule has 0 fully saturated rings. The van der Waals surface area contributed by atoms with E-state index in [2.05, 4.69) is 15.7 Å². The molecule has 1 heterocycles. The predicted molar refractivity (Wildman–Crippen MR) is 116 cm³/mol. The summed E-state index contributed by atoms with van der Waals surface area (Å²) in [6, 6.07) is 15.2. The molecule has 0 saturated heterocycles. The Hall–Kier alpha value is -3.61. The summed E-state index contributed by atoms with van der Waals surface area (Å²) < 4.78 is 6.97. The average molecular weight is 406 g/mol. The number of hydrogen-bond acceptors (Lipinski definition) is 4. The van der Waals surface area contributed by atoms with E-state index in [1.807, 2.05) is 69.3 Å². The van der Waals surface area contributed by atoms with Crippen LogP contribution >= 0.6 is 0 Å². The minimum Gasteiger partial charge on any atom is -0.497 e. The molecule has 2 amide bonds. The second-order valence-electron chi connectivity index (χ2n) is 7.31. The zero-order chi connectivity index (χ0) is 21.7. The number of nitrogens with one attached hydrogen (secondary N) is 2. The van der Waals surface area contributed by atoms with Crippen molar-refractivity contribution < 1.29 is 14.3 Å². The van der Waals surface area contributed by atoms with Crippen molar-refractivity contribution in [2.45, 2.75) is 26.8 Å². The molecule has 156 valence electrons. The SMILES string of the molecule is COc1cccc(-c2nn(-c3ccc(C)cc3)cc2C(=O)NCC(=O)NC(C)C)c1. The number of amides is 2. The van der Waals surface area contributed by atoms with E-state index in [0.29, 0.717) is 17.0 Å². The number of ether oxygens (including phenoxy) is 1. The van der Waals surface area contributed by atoms with Crippen LogP contribution in [0.4, 0.5) is 0 Å². The third-order valence-corrected chi connectivity index (χ3v) is 4.46. The minimum atomic E-state index is -0.370. The lowest BCUT2D eigenvalue weighted by atomic mass is 10.1. The van der Waals surface area contributed by atoms with E-state index >= 15 is 0 Å². The van der Waals surface area contributed by atoms with Gasteiger partial charge in [0, 0.05) is 17.8 Å². The van der Waals surface area contributed by atoms with Gasteiger partial charge in [0.2, 0.25) is 5.91 Å². The van der Waals surface area contributed by atoms with Gasteiger partial charge in [-0.2, -0.15) is 5.10 Å². The Morgan fingerprint density at radius 1 is 1.13 bits per heavy atom. The molecule has 7 nitrogen and oxygen atoms in total. The first-order valence-electron chi connectivity index (χ1n) is 9.76. The lowest BCUT2D eigenvalue weighted by molar-refractivity contribution is -0.120. The molecule has 0 unspecified atom stereocenters. The van der Waals surface area contributed by atoms with E-state index < -0.39 is 0 Å². The highest BCUT2D eigenvalue weighted by molar-refractivity contribution is 6.01. The van der Waals surface area contributed by atoms with Crippen molar-refractivity contribution in [1.29, 1.82) is 0 Å². The summed E-state index contributed by atoms with van der Waals surface area (Å²) in [6.45, 7) is 5.64. The van der Waals surface area contributed by atoms with Crippen molar-refractivity contribution in [2.24, 2.45) is 0 Å². The number of hydrogen-bond donors (Lipinski definition) is 2. The van der Waals surface area contributed by atoms with Gasteiger partial charge >= 0.3 is 0 Å². The maximum atomic E-state index is 12.9. The van der Waals surface area contributed by atoms with Crippen LogP contribution in [0.5, 0.6) is 5.75 Å². The molecule has 3 rings (SSSR count). The number of aromatic nitrogens is 2. The van der Waals surface area contributed by atoms with E-state index in [1.54, 1.807) is 18.0 Å². The first-order valence-corrected chi connectivity index (χ1v) is 9.76. The molecule has 7 heteroatoms. The van der Waals surface area contributed by atoms with Gasteiger partial charge in [-0.15, -0.1) is 0 Å². The van der Waals surface area contributed by atoms with Crippen molar-refractivity contribution in [2.75, 3.05) is 13.7 Å². The highest BCUT2D eigenvalue weighted by atomic mass is 16.5. The molecular formula is C23H26N4O3. The lowest BCUT2D eigenvalue weighted by Crippen LogP contribution is -2.39. The molecule has 2 aromatic carbocycles. The van der Waals surface area contributed by atoms with Gasteiger partial charge in [-0.05, 0) is 45.0 Å². The Labute approximate surface area is 176 Å². The highest BCUT2D eigenvalue weighted by Crippen LogP contribution is 2.27. The third kappa shape index (κ3) is 5.05. The van der Waals surface area contributed by atoms with Crippen molar-refractivity contribution >= 4 is 11.8 Å². The molecular weight excluding hydrogens is 380 g/mol. The first-order chi connectivity index (χ1) is 14.4. The van der Waals surface area contributed by atoms with E-state index in [0.717, 1.165) is 16.8 Å². The fraction of sp³-hybridized carbons (Fsp3) is 0.261. The summed E-state index contributed by atoms with van der Waals surface area (Å²) in [7, 11) is 1.59. The first kappa shape index (κ1) is 21.1. The molecule has 0 atom stereocenters. The van der Waals surface area contributed by atoms with Crippen molar-refractivity contribution in [1.82, 2.24) is 20.4 Å². The summed E-state index contributed by atoms with van der Waals surface area (Å²) in [5, 5.41) is 10.1. The van der Waals surface area contributed by atoms with Crippen LogP contribution in [-0.4, -0.2) is 41.3 Å². The minimum absolute atomic E-state index is 0.00559. The largest absolute Gasteiger partial charge is 0.497 e. The topological polar surface area (TPSA) is 85.2 Å². The Morgan fingerprint density at radius 2 is 1.87 bits per heavy atom. The Balaban J connectivity index is 1.95.